The molecule has 2 aliphatic heterocycles. The third-order valence-corrected chi connectivity index (χ3v) is 6.05. The first-order chi connectivity index (χ1) is 8.61. The SMILES string of the molecule is CC1CN(C(=O)C2CC23CCNCC3)CC(C)S1. The van der Waals surface area contributed by atoms with Gasteiger partial charge in [-0.3, -0.25) is 4.79 Å². The second kappa shape index (κ2) is 4.71. The number of thioether (sulfide) groups is 1. The normalized spacial score (nSPS) is 38.8. The molecule has 0 bridgehead atoms. The van der Waals surface area contributed by atoms with Crippen molar-refractivity contribution in [1.82, 2.24) is 10.2 Å². The number of amides is 1. The molecule has 3 fully saturated rings. The van der Waals surface area contributed by atoms with E-state index < -0.39 is 0 Å². The van der Waals surface area contributed by atoms with Gasteiger partial charge >= 0.3 is 0 Å². The van der Waals surface area contributed by atoms with Crippen LogP contribution in [0.4, 0.5) is 0 Å². The van der Waals surface area contributed by atoms with Gasteiger partial charge in [0, 0.05) is 29.5 Å². The van der Waals surface area contributed by atoms with E-state index in [-0.39, 0.29) is 0 Å². The Morgan fingerprint density at radius 3 is 2.44 bits per heavy atom. The van der Waals surface area contributed by atoms with Gasteiger partial charge in [-0.1, -0.05) is 13.8 Å². The highest BCUT2D eigenvalue weighted by molar-refractivity contribution is 8.00. The number of carbonyl (C=O) groups is 1. The van der Waals surface area contributed by atoms with Crippen LogP contribution >= 0.6 is 11.8 Å². The van der Waals surface area contributed by atoms with Gasteiger partial charge in [-0.05, 0) is 37.8 Å². The van der Waals surface area contributed by atoms with Crippen LogP contribution in [-0.2, 0) is 4.79 Å². The van der Waals surface area contributed by atoms with Crippen molar-refractivity contribution in [3.05, 3.63) is 0 Å². The maximum Gasteiger partial charge on any atom is 0.226 e. The Morgan fingerprint density at radius 2 is 1.83 bits per heavy atom. The fourth-order valence-corrected chi connectivity index (χ4v) is 5.08. The number of hydrogen-bond donors (Lipinski definition) is 1. The van der Waals surface area contributed by atoms with Crippen molar-refractivity contribution in [3.8, 4) is 0 Å². The van der Waals surface area contributed by atoms with Crippen molar-refractivity contribution in [2.24, 2.45) is 11.3 Å². The highest BCUT2D eigenvalue weighted by Crippen LogP contribution is 2.59. The molecular formula is C14H24N2OS. The lowest BCUT2D eigenvalue weighted by Crippen LogP contribution is -2.45. The van der Waals surface area contributed by atoms with E-state index in [1.807, 2.05) is 11.8 Å². The van der Waals surface area contributed by atoms with Crippen LogP contribution < -0.4 is 5.32 Å². The number of piperidine rings is 1. The molecule has 3 unspecified atom stereocenters. The molecule has 1 amide bonds. The molecule has 2 heterocycles. The third kappa shape index (κ3) is 2.29. The predicted octanol–water partition coefficient (Wildman–Crippen LogP) is 1.73. The average molecular weight is 268 g/mol. The number of nitrogens with one attached hydrogen (secondary N) is 1. The van der Waals surface area contributed by atoms with Crippen LogP contribution in [0.3, 0.4) is 0 Å². The Kier molecular flexibility index (Phi) is 3.35. The summed E-state index contributed by atoms with van der Waals surface area (Å²) in [6.07, 6.45) is 3.56. The number of carbonyl (C=O) groups excluding carboxylic acids is 1. The van der Waals surface area contributed by atoms with Gasteiger partial charge in [0.05, 0.1) is 0 Å². The molecule has 1 saturated carbocycles. The van der Waals surface area contributed by atoms with E-state index in [1.165, 1.54) is 12.8 Å². The van der Waals surface area contributed by atoms with Gasteiger partial charge in [0.25, 0.3) is 0 Å². The average Bonchev–Trinajstić information content (AvgIpc) is 3.01. The monoisotopic (exact) mass is 268 g/mol. The van der Waals surface area contributed by atoms with Crippen molar-refractivity contribution >= 4 is 17.7 Å². The van der Waals surface area contributed by atoms with Gasteiger partial charge in [0.1, 0.15) is 0 Å². The van der Waals surface area contributed by atoms with E-state index >= 15 is 0 Å². The molecule has 0 aromatic carbocycles. The molecule has 0 aromatic rings. The van der Waals surface area contributed by atoms with Crippen LogP contribution in [0.25, 0.3) is 0 Å². The van der Waals surface area contributed by atoms with Gasteiger partial charge in [0.15, 0.2) is 0 Å². The zero-order valence-corrected chi connectivity index (χ0v) is 12.3. The second-order valence-electron chi connectivity index (χ2n) is 6.37. The fourth-order valence-electron chi connectivity index (χ4n) is 3.75. The fraction of sp³-hybridized carbons (Fsp3) is 0.929. The summed E-state index contributed by atoms with van der Waals surface area (Å²) in [4.78, 5) is 14.8. The van der Waals surface area contributed by atoms with Gasteiger partial charge in [-0.2, -0.15) is 11.8 Å². The van der Waals surface area contributed by atoms with Crippen molar-refractivity contribution < 1.29 is 4.79 Å². The molecule has 102 valence electrons. The van der Waals surface area contributed by atoms with Crippen LogP contribution in [0.5, 0.6) is 0 Å². The quantitative estimate of drug-likeness (QED) is 0.786. The highest BCUT2D eigenvalue weighted by atomic mass is 32.2. The lowest BCUT2D eigenvalue weighted by Gasteiger charge is -2.35. The van der Waals surface area contributed by atoms with E-state index in [0.29, 0.717) is 27.7 Å². The Hall–Kier alpha value is -0.220. The van der Waals surface area contributed by atoms with E-state index in [2.05, 4.69) is 24.1 Å². The van der Waals surface area contributed by atoms with Gasteiger partial charge in [-0.25, -0.2) is 0 Å². The van der Waals surface area contributed by atoms with E-state index in [0.717, 1.165) is 32.6 Å². The van der Waals surface area contributed by atoms with Crippen molar-refractivity contribution in [2.45, 2.75) is 43.6 Å². The summed E-state index contributed by atoms with van der Waals surface area (Å²) in [5.41, 5.74) is 0.388. The summed E-state index contributed by atoms with van der Waals surface area (Å²) in [6.45, 7) is 8.61. The molecule has 3 nitrogen and oxygen atoms in total. The summed E-state index contributed by atoms with van der Waals surface area (Å²) >= 11 is 2.02. The minimum absolute atomic E-state index is 0.349. The van der Waals surface area contributed by atoms with Crippen molar-refractivity contribution in [1.29, 1.82) is 0 Å². The van der Waals surface area contributed by atoms with E-state index in [4.69, 9.17) is 0 Å². The molecule has 2 saturated heterocycles. The number of hydrogen-bond acceptors (Lipinski definition) is 3. The minimum atomic E-state index is 0.349. The topological polar surface area (TPSA) is 32.3 Å². The first-order valence-corrected chi connectivity index (χ1v) is 8.20. The predicted molar refractivity (Wildman–Crippen MR) is 75.7 cm³/mol. The summed E-state index contributed by atoms with van der Waals surface area (Å²) in [5.74, 6) is 0.804. The zero-order chi connectivity index (χ0) is 12.8. The largest absolute Gasteiger partial charge is 0.340 e. The zero-order valence-electron chi connectivity index (χ0n) is 11.4. The number of nitrogens with zero attached hydrogens (tertiary/aromatic N) is 1. The van der Waals surface area contributed by atoms with Crippen LogP contribution in [0.1, 0.15) is 33.1 Å². The Morgan fingerprint density at radius 1 is 1.22 bits per heavy atom. The molecule has 1 N–H and O–H groups in total. The molecule has 1 aliphatic carbocycles. The molecule has 1 spiro atoms. The lowest BCUT2D eigenvalue weighted by atomic mass is 9.91. The molecule has 18 heavy (non-hydrogen) atoms. The van der Waals surface area contributed by atoms with Crippen LogP contribution in [-0.4, -0.2) is 47.5 Å². The van der Waals surface area contributed by atoms with Gasteiger partial charge in [0.2, 0.25) is 5.91 Å². The van der Waals surface area contributed by atoms with E-state index in [1.54, 1.807) is 0 Å². The lowest BCUT2D eigenvalue weighted by molar-refractivity contribution is -0.133. The van der Waals surface area contributed by atoms with Crippen molar-refractivity contribution in [3.63, 3.8) is 0 Å². The Balaban J connectivity index is 1.62. The van der Waals surface area contributed by atoms with E-state index in [9.17, 15) is 4.79 Å². The summed E-state index contributed by atoms with van der Waals surface area (Å²) in [5, 5.41) is 4.60. The molecule has 0 aromatic heterocycles. The summed E-state index contributed by atoms with van der Waals surface area (Å²) in [7, 11) is 0. The molecule has 4 heteroatoms. The van der Waals surface area contributed by atoms with Crippen LogP contribution in [0, 0.1) is 11.3 Å². The first kappa shape index (κ1) is 12.8. The summed E-state index contributed by atoms with van der Waals surface area (Å²) < 4.78 is 0. The van der Waals surface area contributed by atoms with Gasteiger partial charge in [-0.15, -0.1) is 0 Å². The smallest absolute Gasteiger partial charge is 0.226 e. The molecule has 3 rings (SSSR count). The summed E-state index contributed by atoms with van der Waals surface area (Å²) in [6, 6.07) is 0. The maximum absolute atomic E-state index is 12.6. The Labute approximate surface area is 114 Å². The molecule has 3 aliphatic rings. The van der Waals surface area contributed by atoms with Crippen LogP contribution in [0.15, 0.2) is 0 Å². The standard InChI is InChI=1S/C14H24N2OS/c1-10-8-16(9-11(2)18-10)13(17)12-7-14(12)3-5-15-6-4-14/h10-12,15H,3-9H2,1-2H3. The molecular weight excluding hydrogens is 244 g/mol. The Bertz CT molecular complexity index is 331. The van der Waals surface area contributed by atoms with Crippen molar-refractivity contribution in [2.75, 3.05) is 26.2 Å². The molecule has 3 atom stereocenters. The third-order valence-electron chi connectivity index (χ3n) is 4.82. The minimum Gasteiger partial charge on any atom is -0.340 e. The number of rotatable bonds is 1. The second-order valence-corrected chi connectivity index (χ2v) is 8.25. The van der Waals surface area contributed by atoms with Crippen LogP contribution in [0.2, 0.25) is 0 Å². The first-order valence-electron chi connectivity index (χ1n) is 7.26. The highest BCUT2D eigenvalue weighted by Gasteiger charge is 2.58. The molecule has 0 radical (unpaired) electrons. The van der Waals surface area contributed by atoms with Gasteiger partial charge < -0.3 is 10.2 Å². The maximum atomic E-state index is 12.6.